The molecule has 0 unspecified atom stereocenters. The zero-order valence-corrected chi connectivity index (χ0v) is 12.2. The summed E-state index contributed by atoms with van der Waals surface area (Å²) in [4.78, 5) is 24.9. The van der Waals surface area contributed by atoms with Crippen molar-refractivity contribution in [2.45, 2.75) is 9.79 Å². The zero-order chi connectivity index (χ0) is 15.2. The largest absolute Gasteiger partial charge is 0.289 e. The molecule has 21 heavy (non-hydrogen) atoms. The fourth-order valence-corrected chi connectivity index (χ4v) is 2.56. The van der Waals surface area contributed by atoms with E-state index in [9.17, 15) is 9.59 Å². The van der Waals surface area contributed by atoms with Gasteiger partial charge in [0, 0.05) is 20.9 Å². The van der Waals surface area contributed by atoms with E-state index in [0.29, 0.717) is 11.1 Å². The van der Waals surface area contributed by atoms with Crippen LogP contribution in [0.4, 0.5) is 0 Å². The number of benzene rings is 2. The highest BCUT2D eigenvalue weighted by Gasteiger charge is 2.04. The summed E-state index contributed by atoms with van der Waals surface area (Å²) in [7, 11) is 0. The molecule has 0 bridgehead atoms. The molecule has 2 aromatic carbocycles. The Bertz CT molecular complexity index is 621. The summed E-state index contributed by atoms with van der Waals surface area (Å²) in [5, 5.41) is 0. The lowest BCUT2D eigenvalue weighted by atomic mass is 10.1. The Morgan fingerprint density at radius 2 is 1.05 bits per heavy atom. The van der Waals surface area contributed by atoms with E-state index in [2.05, 4.69) is 13.2 Å². The van der Waals surface area contributed by atoms with Crippen molar-refractivity contribution < 1.29 is 9.59 Å². The fourth-order valence-electron chi connectivity index (χ4n) is 1.75. The summed E-state index contributed by atoms with van der Waals surface area (Å²) in [6.07, 6.45) is 2.61. The molecule has 0 heterocycles. The number of hydrogen-bond donors (Lipinski definition) is 0. The normalized spacial score (nSPS) is 9.90. The molecule has 2 aromatic rings. The van der Waals surface area contributed by atoms with Gasteiger partial charge in [0.05, 0.1) is 0 Å². The molecular formula is C18H14O2S. The van der Waals surface area contributed by atoms with Gasteiger partial charge in [0.25, 0.3) is 0 Å². The van der Waals surface area contributed by atoms with Crippen molar-refractivity contribution in [2.75, 3.05) is 0 Å². The van der Waals surface area contributed by atoms with Crippen molar-refractivity contribution in [1.29, 1.82) is 0 Å². The van der Waals surface area contributed by atoms with Gasteiger partial charge < -0.3 is 0 Å². The second-order valence-corrected chi connectivity index (χ2v) is 5.43. The molecule has 0 atom stereocenters. The Balaban J connectivity index is 2.11. The lowest BCUT2D eigenvalue weighted by Gasteiger charge is -2.03. The first-order valence-electron chi connectivity index (χ1n) is 6.35. The molecule has 0 aliphatic carbocycles. The molecule has 2 nitrogen and oxygen atoms in total. The van der Waals surface area contributed by atoms with Crippen LogP contribution in [0.2, 0.25) is 0 Å². The Morgan fingerprint density at radius 3 is 1.33 bits per heavy atom. The molecule has 0 spiro atoms. The van der Waals surface area contributed by atoms with Crippen LogP contribution >= 0.6 is 11.8 Å². The second-order valence-electron chi connectivity index (χ2n) is 4.29. The van der Waals surface area contributed by atoms with Crippen LogP contribution in [-0.2, 0) is 0 Å². The van der Waals surface area contributed by atoms with Gasteiger partial charge in [0.1, 0.15) is 0 Å². The van der Waals surface area contributed by atoms with Gasteiger partial charge in [-0.25, -0.2) is 0 Å². The summed E-state index contributed by atoms with van der Waals surface area (Å²) >= 11 is 1.57. The Morgan fingerprint density at radius 1 is 0.714 bits per heavy atom. The first-order chi connectivity index (χ1) is 10.1. The predicted molar refractivity (Wildman–Crippen MR) is 86.1 cm³/mol. The van der Waals surface area contributed by atoms with Gasteiger partial charge in [-0.15, -0.1) is 0 Å². The maximum absolute atomic E-state index is 11.4. The monoisotopic (exact) mass is 294 g/mol. The topological polar surface area (TPSA) is 34.1 Å². The molecule has 0 saturated heterocycles. The molecule has 3 heteroatoms. The highest BCUT2D eigenvalue weighted by Crippen LogP contribution is 2.28. The molecule has 0 N–H and O–H groups in total. The van der Waals surface area contributed by atoms with E-state index in [0.717, 1.165) is 9.79 Å². The van der Waals surface area contributed by atoms with E-state index in [1.807, 2.05) is 24.3 Å². The van der Waals surface area contributed by atoms with E-state index in [-0.39, 0.29) is 11.6 Å². The Hall–Kier alpha value is -2.39. The average Bonchev–Trinajstić information content (AvgIpc) is 2.55. The maximum Gasteiger partial charge on any atom is 0.185 e. The lowest BCUT2D eigenvalue weighted by molar-refractivity contribution is 0.103. The van der Waals surface area contributed by atoms with Crippen molar-refractivity contribution in [3.05, 3.63) is 85.0 Å². The van der Waals surface area contributed by atoms with Gasteiger partial charge in [0.15, 0.2) is 11.6 Å². The van der Waals surface area contributed by atoms with Crippen molar-refractivity contribution in [3.8, 4) is 0 Å². The number of ketones is 2. The average molecular weight is 294 g/mol. The molecule has 0 aliphatic heterocycles. The van der Waals surface area contributed by atoms with Crippen LogP contribution in [0.3, 0.4) is 0 Å². The molecule has 0 amide bonds. The number of hydrogen-bond acceptors (Lipinski definition) is 3. The Kier molecular flexibility index (Phi) is 4.90. The van der Waals surface area contributed by atoms with Crippen LogP contribution in [-0.4, -0.2) is 11.6 Å². The van der Waals surface area contributed by atoms with Gasteiger partial charge in [0.2, 0.25) is 0 Å². The van der Waals surface area contributed by atoms with Crippen LogP contribution in [0.25, 0.3) is 0 Å². The van der Waals surface area contributed by atoms with Crippen molar-refractivity contribution in [2.24, 2.45) is 0 Å². The van der Waals surface area contributed by atoms with E-state index in [1.165, 1.54) is 12.2 Å². The maximum atomic E-state index is 11.4. The SMILES string of the molecule is C=CC(=O)c1ccc(Sc2ccc(C(=O)C=C)cc2)cc1. The van der Waals surface area contributed by atoms with Crippen LogP contribution in [0.5, 0.6) is 0 Å². The molecule has 0 aromatic heterocycles. The highest BCUT2D eigenvalue weighted by atomic mass is 32.2. The van der Waals surface area contributed by atoms with Gasteiger partial charge in [-0.1, -0.05) is 24.9 Å². The van der Waals surface area contributed by atoms with E-state index in [4.69, 9.17) is 0 Å². The highest BCUT2D eigenvalue weighted by molar-refractivity contribution is 7.99. The third-order valence-electron chi connectivity index (χ3n) is 2.88. The number of carbonyl (C=O) groups is 2. The van der Waals surface area contributed by atoms with Gasteiger partial charge in [-0.3, -0.25) is 9.59 Å². The molecule has 0 aliphatic rings. The quantitative estimate of drug-likeness (QED) is 0.578. The zero-order valence-electron chi connectivity index (χ0n) is 11.4. The van der Waals surface area contributed by atoms with Crippen LogP contribution in [0, 0.1) is 0 Å². The second kappa shape index (κ2) is 6.86. The minimum absolute atomic E-state index is 0.0844. The third kappa shape index (κ3) is 3.80. The summed E-state index contributed by atoms with van der Waals surface area (Å²) in [5.41, 5.74) is 1.25. The number of rotatable bonds is 6. The first-order valence-corrected chi connectivity index (χ1v) is 7.17. The molecular weight excluding hydrogens is 280 g/mol. The van der Waals surface area contributed by atoms with Crippen LogP contribution in [0.1, 0.15) is 20.7 Å². The predicted octanol–water partition coefficient (Wildman–Crippen LogP) is 4.58. The van der Waals surface area contributed by atoms with Crippen molar-refractivity contribution >= 4 is 23.3 Å². The third-order valence-corrected chi connectivity index (χ3v) is 3.90. The van der Waals surface area contributed by atoms with Gasteiger partial charge >= 0.3 is 0 Å². The van der Waals surface area contributed by atoms with E-state index >= 15 is 0 Å². The Labute approximate surface area is 128 Å². The summed E-state index contributed by atoms with van der Waals surface area (Å²) in [5.74, 6) is -0.169. The number of allylic oxidation sites excluding steroid dienone is 2. The molecule has 0 radical (unpaired) electrons. The molecule has 0 saturated carbocycles. The standard InChI is InChI=1S/C18H14O2S/c1-3-17(19)13-5-9-15(10-6-13)21-16-11-7-14(8-12-16)18(20)4-2/h3-12H,1-2H2. The molecule has 2 rings (SSSR count). The summed E-state index contributed by atoms with van der Waals surface area (Å²) < 4.78 is 0. The minimum Gasteiger partial charge on any atom is -0.289 e. The fraction of sp³-hybridized carbons (Fsp3) is 0. The number of carbonyl (C=O) groups excluding carboxylic acids is 2. The van der Waals surface area contributed by atoms with Gasteiger partial charge in [-0.2, -0.15) is 0 Å². The summed E-state index contributed by atoms with van der Waals surface area (Å²) in [6, 6.07) is 14.7. The molecule has 104 valence electrons. The molecule has 0 fully saturated rings. The first kappa shape index (κ1) is 15.0. The smallest absolute Gasteiger partial charge is 0.185 e. The summed E-state index contributed by atoms with van der Waals surface area (Å²) in [6.45, 7) is 6.93. The van der Waals surface area contributed by atoms with Crippen LogP contribution < -0.4 is 0 Å². The van der Waals surface area contributed by atoms with Crippen molar-refractivity contribution in [3.63, 3.8) is 0 Å². The van der Waals surface area contributed by atoms with Crippen LogP contribution in [0.15, 0.2) is 83.6 Å². The van der Waals surface area contributed by atoms with E-state index in [1.54, 1.807) is 36.0 Å². The van der Waals surface area contributed by atoms with Crippen molar-refractivity contribution in [1.82, 2.24) is 0 Å². The lowest BCUT2D eigenvalue weighted by Crippen LogP contribution is -1.93. The van der Waals surface area contributed by atoms with E-state index < -0.39 is 0 Å². The van der Waals surface area contributed by atoms with Gasteiger partial charge in [-0.05, 0) is 60.7 Å². The minimum atomic E-state index is -0.0844.